The first-order valence-corrected chi connectivity index (χ1v) is 11.0. The van der Waals surface area contributed by atoms with Crippen molar-refractivity contribution in [3.63, 3.8) is 0 Å². The molecule has 8 heteroatoms. The van der Waals surface area contributed by atoms with Crippen LogP contribution in [-0.4, -0.2) is 38.3 Å². The lowest BCUT2D eigenvalue weighted by molar-refractivity contribution is -0.116. The number of halogens is 1. The van der Waals surface area contributed by atoms with E-state index in [4.69, 9.17) is 16.3 Å². The smallest absolute Gasteiger partial charge is 0.243 e. The summed E-state index contributed by atoms with van der Waals surface area (Å²) in [5, 5.41) is 0.621. The summed E-state index contributed by atoms with van der Waals surface area (Å²) in [7, 11) is -3.72. The van der Waals surface area contributed by atoms with E-state index in [1.54, 1.807) is 39.5 Å². The molecule has 0 unspecified atom stereocenters. The predicted molar refractivity (Wildman–Crippen MR) is 107 cm³/mol. The lowest BCUT2D eigenvalue weighted by atomic mass is 10.1. The Kier molecular flexibility index (Phi) is 5.07. The third-order valence-electron chi connectivity index (χ3n) is 5.24. The summed E-state index contributed by atoms with van der Waals surface area (Å²) < 4.78 is 33.9. The molecule has 2 aromatic carbocycles. The summed E-state index contributed by atoms with van der Waals surface area (Å²) in [6.07, 6.45) is 1.55. The molecule has 4 rings (SSSR count). The van der Waals surface area contributed by atoms with Crippen LogP contribution in [0.25, 0.3) is 0 Å². The summed E-state index contributed by atoms with van der Waals surface area (Å²) >= 11 is 5.97. The highest BCUT2D eigenvalue weighted by Crippen LogP contribution is 2.39. The van der Waals surface area contributed by atoms with E-state index in [9.17, 15) is 13.2 Å². The third-order valence-corrected chi connectivity index (χ3v) is 7.39. The van der Waals surface area contributed by atoms with Crippen molar-refractivity contribution < 1.29 is 17.9 Å². The van der Waals surface area contributed by atoms with E-state index >= 15 is 0 Å². The van der Waals surface area contributed by atoms with E-state index in [-0.39, 0.29) is 16.8 Å². The maximum Gasteiger partial charge on any atom is 0.243 e. The second-order valence-electron chi connectivity index (χ2n) is 6.97. The topological polar surface area (TPSA) is 66.9 Å². The predicted octanol–water partition coefficient (Wildman–Crippen LogP) is 3.61. The van der Waals surface area contributed by atoms with E-state index in [1.165, 1.54) is 6.92 Å². The molecule has 2 aliphatic heterocycles. The van der Waals surface area contributed by atoms with Crippen molar-refractivity contribution in [2.24, 2.45) is 0 Å². The number of sulfonamides is 1. The van der Waals surface area contributed by atoms with Crippen molar-refractivity contribution in [2.75, 3.05) is 24.6 Å². The van der Waals surface area contributed by atoms with Gasteiger partial charge in [-0.2, -0.15) is 4.31 Å². The Balaban J connectivity index is 1.71. The number of hydrogen-bond acceptors (Lipinski definition) is 4. The molecule has 0 N–H and O–H groups in total. The van der Waals surface area contributed by atoms with Crippen molar-refractivity contribution in [3.05, 3.63) is 53.1 Å². The lowest BCUT2D eigenvalue weighted by Gasteiger charge is -2.30. The zero-order chi connectivity index (χ0) is 19.9. The molecule has 1 fully saturated rings. The van der Waals surface area contributed by atoms with Crippen LogP contribution < -0.4 is 9.64 Å². The molecular weight excluding hydrogens is 400 g/mol. The first-order chi connectivity index (χ1) is 13.4. The van der Waals surface area contributed by atoms with E-state index in [2.05, 4.69) is 0 Å². The quantitative estimate of drug-likeness (QED) is 0.760. The monoisotopic (exact) mass is 420 g/mol. The fourth-order valence-corrected chi connectivity index (χ4v) is 5.70. The van der Waals surface area contributed by atoms with Crippen molar-refractivity contribution in [2.45, 2.75) is 30.7 Å². The number of ether oxygens (including phenoxy) is 1. The molecule has 0 radical (unpaired) electrons. The fraction of sp³-hybridized carbons (Fsp3) is 0.350. The molecule has 0 saturated carbocycles. The molecular formula is C20H21ClN2O4S. The van der Waals surface area contributed by atoms with Crippen LogP contribution in [0.4, 0.5) is 5.69 Å². The van der Waals surface area contributed by atoms with Crippen LogP contribution >= 0.6 is 11.6 Å². The number of anilines is 1. The molecule has 2 aliphatic rings. The number of nitrogens with zero attached hydrogens (tertiary/aromatic N) is 2. The number of benzene rings is 2. The van der Waals surface area contributed by atoms with Gasteiger partial charge in [-0.3, -0.25) is 4.79 Å². The SMILES string of the molecule is CC(=O)N1CCOc2ccc(S(=O)(=O)N3CCC[C@@H]3c3ccc(Cl)cc3)cc21. The number of fused-ring (bicyclic) bond motifs is 1. The second-order valence-corrected chi connectivity index (χ2v) is 9.30. The number of amides is 1. The lowest BCUT2D eigenvalue weighted by Crippen LogP contribution is -2.36. The molecule has 0 aliphatic carbocycles. The van der Waals surface area contributed by atoms with Crippen molar-refractivity contribution >= 4 is 33.2 Å². The first kappa shape index (κ1) is 19.2. The summed E-state index contributed by atoms with van der Waals surface area (Å²) in [5.41, 5.74) is 1.43. The van der Waals surface area contributed by atoms with Crippen LogP contribution in [0.5, 0.6) is 5.75 Å². The number of rotatable bonds is 3. The Morgan fingerprint density at radius 3 is 2.61 bits per heavy atom. The molecule has 0 bridgehead atoms. The van der Waals surface area contributed by atoms with Crippen LogP contribution in [0.2, 0.25) is 5.02 Å². The fourth-order valence-electron chi connectivity index (χ4n) is 3.87. The van der Waals surface area contributed by atoms with Crippen molar-refractivity contribution in [3.8, 4) is 5.75 Å². The van der Waals surface area contributed by atoms with Gasteiger partial charge in [0.1, 0.15) is 12.4 Å². The van der Waals surface area contributed by atoms with E-state index in [0.29, 0.717) is 36.2 Å². The van der Waals surface area contributed by atoms with Gasteiger partial charge in [0.15, 0.2) is 0 Å². The normalized spacial score (nSPS) is 19.9. The van der Waals surface area contributed by atoms with Gasteiger partial charge < -0.3 is 9.64 Å². The number of hydrogen-bond donors (Lipinski definition) is 0. The largest absolute Gasteiger partial charge is 0.490 e. The van der Waals surface area contributed by atoms with Crippen LogP contribution in [0, 0.1) is 0 Å². The number of carbonyl (C=O) groups excluding carboxylic acids is 1. The highest BCUT2D eigenvalue weighted by atomic mass is 35.5. The second kappa shape index (κ2) is 7.39. The minimum absolute atomic E-state index is 0.140. The summed E-state index contributed by atoms with van der Waals surface area (Å²) in [4.78, 5) is 13.7. The Morgan fingerprint density at radius 1 is 1.14 bits per heavy atom. The van der Waals surface area contributed by atoms with Gasteiger partial charge in [0.25, 0.3) is 0 Å². The molecule has 1 amide bonds. The molecule has 1 atom stereocenters. The van der Waals surface area contributed by atoms with Gasteiger partial charge in [0.05, 0.1) is 23.2 Å². The highest BCUT2D eigenvalue weighted by Gasteiger charge is 2.37. The molecule has 0 aromatic heterocycles. The van der Waals surface area contributed by atoms with E-state index in [0.717, 1.165) is 18.4 Å². The van der Waals surface area contributed by atoms with Gasteiger partial charge in [-0.25, -0.2) is 8.42 Å². The minimum atomic E-state index is -3.72. The average molecular weight is 421 g/mol. The standard InChI is InChI=1S/C20H21ClN2O4S/c1-14(24)22-11-12-27-20-9-8-17(13-19(20)22)28(25,26)23-10-2-3-18(23)15-4-6-16(21)7-5-15/h4-9,13,18H,2-3,10-12H2,1H3/t18-/m1/s1. The number of carbonyl (C=O) groups is 1. The minimum Gasteiger partial charge on any atom is -0.490 e. The molecule has 2 aromatic rings. The maximum absolute atomic E-state index is 13.4. The highest BCUT2D eigenvalue weighted by molar-refractivity contribution is 7.89. The van der Waals surface area contributed by atoms with Crippen molar-refractivity contribution in [1.82, 2.24) is 4.31 Å². The van der Waals surface area contributed by atoms with Gasteiger partial charge in [-0.15, -0.1) is 0 Å². The maximum atomic E-state index is 13.4. The molecule has 0 spiro atoms. The van der Waals surface area contributed by atoms with Gasteiger partial charge in [-0.1, -0.05) is 23.7 Å². The summed E-state index contributed by atoms with van der Waals surface area (Å²) in [6.45, 7) is 2.72. The zero-order valence-electron chi connectivity index (χ0n) is 15.5. The van der Waals surface area contributed by atoms with Crippen LogP contribution in [0.1, 0.15) is 31.4 Å². The van der Waals surface area contributed by atoms with Crippen LogP contribution in [-0.2, 0) is 14.8 Å². The molecule has 6 nitrogen and oxygen atoms in total. The zero-order valence-corrected chi connectivity index (χ0v) is 17.0. The summed E-state index contributed by atoms with van der Waals surface area (Å²) in [5.74, 6) is 0.385. The molecule has 2 heterocycles. The molecule has 28 heavy (non-hydrogen) atoms. The molecule has 1 saturated heterocycles. The van der Waals surface area contributed by atoms with Crippen LogP contribution in [0.3, 0.4) is 0 Å². The van der Waals surface area contributed by atoms with E-state index < -0.39 is 10.0 Å². The average Bonchev–Trinajstić information content (AvgIpc) is 3.18. The van der Waals surface area contributed by atoms with Gasteiger partial charge in [0, 0.05) is 18.5 Å². The van der Waals surface area contributed by atoms with Gasteiger partial charge in [-0.05, 0) is 48.7 Å². The Morgan fingerprint density at radius 2 is 1.89 bits per heavy atom. The van der Waals surface area contributed by atoms with Gasteiger partial charge >= 0.3 is 0 Å². The van der Waals surface area contributed by atoms with Gasteiger partial charge in [0.2, 0.25) is 15.9 Å². The van der Waals surface area contributed by atoms with E-state index in [1.807, 2.05) is 12.1 Å². The first-order valence-electron chi connectivity index (χ1n) is 9.20. The summed E-state index contributed by atoms with van der Waals surface area (Å²) in [6, 6.07) is 11.8. The van der Waals surface area contributed by atoms with Crippen LogP contribution in [0.15, 0.2) is 47.4 Å². The third kappa shape index (κ3) is 3.38. The van der Waals surface area contributed by atoms with Crippen molar-refractivity contribution in [1.29, 1.82) is 0 Å². The Labute approximate surface area is 169 Å². The molecule has 148 valence electrons. The Bertz CT molecular complexity index is 1010. The Hall–Kier alpha value is -2.09.